The third kappa shape index (κ3) is 5.24. The average molecular weight is 471 g/mol. The maximum Gasteiger partial charge on any atom is 0.138 e. The van der Waals surface area contributed by atoms with Crippen LogP contribution >= 0.6 is 7.92 Å². The first-order chi connectivity index (χ1) is 16.2. The number of hydrogen-bond donors (Lipinski definition) is 2. The Balaban J connectivity index is 1.88. The molecule has 0 aromatic heterocycles. The lowest BCUT2D eigenvalue weighted by Crippen LogP contribution is -2.28. The van der Waals surface area contributed by atoms with Gasteiger partial charge in [0.15, 0.2) is 0 Å². The van der Waals surface area contributed by atoms with Gasteiger partial charge in [0, 0.05) is 5.56 Å². The highest BCUT2D eigenvalue weighted by Crippen LogP contribution is 2.58. The smallest absolute Gasteiger partial charge is 0.138 e. The quantitative estimate of drug-likeness (QED) is 0.456. The molecule has 4 nitrogen and oxygen atoms in total. The summed E-state index contributed by atoms with van der Waals surface area (Å²) in [5.74, 6) is 1.87. The lowest BCUT2D eigenvalue weighted by molar-refractivity contribution is 0.275. The molecule has 2 aromatic carbocycles. The molecule has 5 heteroatoms. The van der Waals surface area contributed by atoms with E-state index in [1.807, 2.05) is 18.2 Å². The molecule has 0 atom stereocenters. The van der Waals surface area contributed by atoms with Crippen molar-refractivity contribution in [1.29, 1.82) is 0 Å². The van der Waals surface area contributed by atoms with E-state index in [9.17, 15) is 10.2 Å². The number of aliphatic hydroxyl groups is 2. The lowest BCUT2D eigenvalue weighted by Gasteiger charge is -2.40. The first-order valence-electron chi connectivity index (χ1n) is 12.6. The Morgan fingerprint density at radius 1 is 0.758 bits per heavy atom. The summed E-state index contributed by atoms with van der Waals surface area (Å²) in [6, 6.07) is 10.0. The van der Waals surface area contributed by atoms with E-state index in [-0.39, 0.29) is 13.2 Å². The second kappa shape index (κ2) is 11.7. The van der Waals surface area contributed by atoms with E-state index in [1.165, 1.54) is 69.5 Å². The van der Waals surface area contributed by atoms with Crippen molar-refractivity contribution in [3.63, 3.8) is 0 Å². The molecule has 0 radical (unpaired) electrons. The highest BCUT2D eigenvalue weighted by molar-refractivity contribution is 7.67. The molecule has 0 amide bonds. The fourth-order valence-electron chi connectivity index (χ4n) is 5.90. The van der Waals surface area contributed by atoms with Gasteiger partial charge in [0.05, 0.1) is 32.7 Å². The zero-order chi connectivity index (χ0) is 23.2. The molecular weight excluding hydrogens is 431 g/mol. The van der Waals surface area contributed by atoms with E-state index in [0.717, 1.165) is 45.1 Å². The van der Waals surface area contributed by atoms with Gasteiger partial charge in [0.25, 0.3) is 0 Å². The fraction of sp³-hybridized carbons (Fsp3) is 0.571. The number of methoxy groups -OCH3 is 2. The molecule has 180 valence electrons. The summed E-state index contributed by atoms with van der Waals surface area (Å²) in [4.78, 5) is 0. The summed E-state index contributed by atoms with van der Waals surface area (Å²) in [6.07, 6.45) is 13.3. The number of rotatable bonds is 8. The second-order valence-electron chi connectivity index (χ2n) is 9.50. The number of hydrogen-bond acceptors (Lipinski definition) is 4. The van der Waals surface area contributed by atoms with Crippen LogP contribution in [0.1, 0.15) is 75.3 Å². The molecule has 0 bridgehead atoms. The Morgan fingerprint density at radius 3 is 1.88 bits per heavy atom. The minimum Gasteiger partial charge on any atom is -0.496 e. The van der Waals surface area contributed by atoms with Crippen molar-refractivity contribution in [3.8, 4) is 22.6 Å². The van der Waals surface area contributed by atoms with Crippen LogP contribution in [0.2, 0.25) is 0 Å². The lowest BCUT2D eigenvalue weighted by atomic mass is 9.97. The monoisotopic (exact) mass is 470 g/mol. The maximum absolute atomic E-state index is 10.1. The summed E-state index contributed by atoms with van der Waals surface area (Å²) in [6.45, 7) is -0.110. The van der Waals surface area contributed by atoms with Gasteiger partial charge >= 0.3 is 0 Å². The van der Waals surface area contributed by atoms with Crippen molar-refractivity contribution < 1.29 is 19.7 Å². The highest BCUT2D eigenvalue weighted by atomic mass is 31.1. The Labute approximate surface area is 200 Å². The topological polar surface area (TPSA) is 58.9 Å². The van der Waals surface area contributed by atoms with Crippen LogP contribution in [0.3, 0.4) is 0 Å². The van der Waals surface area contributed by atoms with E-state index in [1.54, 1.807) is 14.2 Å². The van der Waals surface area contributed by atoms with E-state index < -0.39 is 7.92 Å². The number of aliphatic hydroxyl groups excluding tert-OH is 2. The van der Waals surface area contributed by atoms with Crippen molar-refractivity contribution in [2.24, 2.45) is 0 Å². The maximum atomic E-state index is 10.1. The molecule has 2 aliphatic carbocycles. The van der Waals surface area contributed by atoms with Gasteiger partial charge in [-0.05, 0) is 65.8 Å². The summed E-state index contributed by atoms with van der Waals surface area (Å²) >= 11 is 0. The summed E-state index contributed by atoms with van der Waals surface area (Å²) in [7, 11) is 3.13. The molecule has 0 heterocycles. The molecule has 4 rings (SSSR count). The molecule has 2 N–H and O–H groups in total. The van der Waals surface area contributed by atoms with Gasteiger partial charge in [0.2, 0.25) is 0 Å². The summed E-state index contributed by atoms with van der Waals surface area (Å²) in [5, 5.41) is 21.0. The van der Waals surface area contributed by atoms with Crippen molar-refractivity contribution in [1.82, 2.24) is 0 Å². The average Bonchev–Trinajstić information content (AvgIpc) is 2.89. The molecular formula is C28H39O4P. The van der Waals surface area contributed by atoms with E-state index in [4.69, 9.17) is 9.47 Å². The van der Waals surface area contributed by atoms with Gasteiger partial charge in [-0.1, -0.05) is 64.6 Å². The van der Waals surface area contributed by atoms with Gasteiger partial charge in [-0.15, -0.1) is 0 Å². The van der Waals surface area contributed by atoms with Crippen LogP contribution in [-0.4, -0.2) is 35.8 Å². The van der Waals surface area contributed by atoms with Gasteiger partial charge in [-0.25, -0.2) is 0 Å². The van der Waals surface area contributed by atoms with Crippen LogP contribution in [0.15, 0.2) is 30.3 Å². The van der Waals surface area contributed by atoms with Gasteiger partial charge in [0.1, 0.15) is 11.5 Å². The third-order valence-corrected chi connectivity index (χ3v) is 11.1. The molecule has 33 heavy (non-hydrogen) atoms. The number of benzene rings is 2. The standard InChI is InChI=1S/C28H39O4P/c1-31-26-16-15-25(24-14-13-20(18-29)17-21(24)19-30)27(32-2)28(26)33(22-9-5-3-6-10-22)23-11-7-4-8-12-23/h13-17,22-23,29-30H,3-12,18-19H2,1-2H3. The second-order valence-corrected chi connectivity index (χ2v) is 12.2. The van der Waals surface area contributed by atoms with Crippen molar-refractivity contribution in [2.45, 2.75) is 88.7 Å². The van der Waals surface area contributed by atoms with Crippen molar-refractivity contribution >= 4 is 13.2 Å². The van der Waals surface area contributed by atoms with Crippen LogP contribution in [0.4, 0.5) is 0 Å². The predicted molar refractivity (Wildman–Crippen MR) is 137 cm³/mol. The fourth-order valence-corrected chi connectivity index (χ4v) is 9.94. The van der Waals surface area contributed by atoms with Crippen LogP contribution in [0.25, 0.3) is 11.1 Å². The minimum absolute atomic E-state index is 0.0348. The van der Waals surface area contributed by atoms with Gasteiger partial charge in [-0.3, -0.25) is 0 Å². The Bertz CT molecular complexity index is 898. The molecule has 0 saturated heterocycles. The largest absolute Gasteiger partial charge is 0.496 e. The Morgan fingerprint density at radius 2 is 1.36 bits per heavy atom. The van der Waals surface area contributed by atoms with E-state index in [2.05, 4.69) is 12.1 Å². The molecule has 0 unspecified atom stereocenters. The highest BCUT2D eigenvalue weighted by Gasteiger charge is 2.37. The normalized spacial score (nSPS) is 18.0. The number of ether oxygens (including phenoxy) is 2. The van der Waals surface area contributed by atoms with Crippen LogP contribution < -0.4 is 14.8 Å². The van der Waals surface area contributed by atoms with Crippen LogP contribution in [-0.2, 0) is 13.2 Å². The van der Waals surface area contributed by atoms with E-state index >= 15 is 0 Å². The van der Waals surface area contributed by atoms with E-state index in [0.29, 0.717) is 0 Å². The molecule has 2 aliphatic rings. The SMILES string of the molecule is COc1ccc(-c2ccc(CO)cc2CO)c(OC)c1P(C1CCCCC1)C1CCCCC1. The summed E-state index contributed by atoms with van der Waals surface area (Å²) < 4.78 is 12.2. The molecule has 2 saturated carbocycles. The van der Waals surface area contributed by atoms with Gasteiger partial charge < -0.3 is 19.7 Å². The minimum atomic E-state index is -0.428. The zero-order valence-electron chi connectivity index (χ0n) is 20.2. The summed E-state index contributed by atoms with van der Waals surface area (Å²) in [5.41, 5.74) is 5.06. The molecule has 0 aliphatic heterocycles. The Hall–Kier alpha value is -1.61. The molecule has 2 aromatic rings. The van der Waals surface area contributed by atoms with Crippen LogP contribution in [0, 0.1) is 0 Å². The van der Waals surface area contributed by atoms with Crippen molar-refractivity contribution in [3.05, 3.63) is 41.5 Å². The first kappa shape index (κ1) is 24.5. The molecule has 2 fully saturated rings. The van der Waals surface area contributed by atoms with Gasteiger partial charge in [-0.2, -0.15) is 0 Å². The van der Waals surface area contributed by atoms with Crippen molar-refractivity contribution in [2.75, 3.05) is 14.2 Å². The Kier molecular flexibility index (Phi) is 8.68. The zero-order valence-corrected chi connectivity index (χ0v) is 21.1. The first-order valence-corrected chi connectivity index (χ1v) is 14.1. The van der Waals surface area contributed by atoms with Crippen LogP contribution in [0.5, 0.6) is 11.5 Å². The third-order valence-electron chi connectivity index (χ3n) is 7.53. The predicted octanol–water partition coefficient (Wildman–Crippen LogP) is 6.13. The molecule has 0 spiro atoms.